The van der Waals surface area contributed by atoms with E-state index in [0.29, 0.717) is 19.2 Å². The van der Waals surface area contributed by atoms with E-state index in [4.69, 9.17) is 19.7 Å². The topological polar surface area (TPSA) is 105 Å². The fourth-order valence-corrected chi connectivity index (χ4v) is 4.01. The van der Waals surface area contributed by atoms with E-state index in [1.807, 2.05) is 22.9 Å². The summed E-state index contributed by atoms with van der Waals surface area (Å²) in [5.41, 5.74) is 3.40. The van der Waals surface area contributed by atoms with Crippen LogP contribution in [0.4, 0.5) is 4.79 Å². The van der Waals surface area contributed by atoms with Crippen LogP contribution in [0.2, 0.25) is 0 Å². The number of nitrogens with one attached hydrogen (secondary N) is 2. The molecule has 1 aromatic heterocycles. The van der Waals surface area contributed by atoms with Crippen molar-refractivity contribution in [3.8, 4) is 0 Å². The van der Waals surface area contributed by atoms with Crippen molar-refractivity contribution in [2.24, 2.45) is 0 Å². The molecular weight excluding hydrogens is 384 g/mol. The quantitative estimate of drug-likeness (QED) is 0.653. The Bertz CT molecular complexity index is 803. The number of benzene rings is 1. The first-order valence-corrected chi connectivity index (χ1v) is 10.5. The van der Waals surface area contributed by atoms with Crippen LogP contribution >= 0.6 is 0 Å². The van der Waals surface area contributed by atoms with Gasteiger partial charge in [-0.25, -0.2) is 4.79 Å². The molecule has 1 aliphatic carbocycles. The number of ether oxygens (including phenoxy) is 1. The van der Waals surface area contributed by atoms with E-state index in [9.17, 15) is 4.79 Å². The molecule has 0 saturated heterocycles. The molecule has 1 aromatic carbocycles. The van der Waals surface area contributed by atoms with Crippen LogP contribution in [0.5, 0.6) is 0 Å². The summed E-state index contributed by atoms with van der Waals surface area (Å²) in [6.07, 6.45) is 8.67. The van der Waals surface area contributed by atoms with Crippen molar-refractivity contribution in [3.05, 3.63) is 53.3 Å². The van der Waals surface area contributed by atoms with Crippen LogP contribution in [0.3, 0.4) is 0 Å². The number of nitrogens with zero attached hydrogens (tertiary/aromatic N) is 2. The molecule has 2 heterocycles. The van der Waals surface area contributed by atoms with E-state index in [1.165, 1.54) is 30.4 Å². The van der Waals surface area contributed by atoms with Gasteiger partial charge in [-0.2, -0.15) is 5.10 Å². The summed E-state index contributed by atoms with van der Waals surface area (Å²) in [5.74, 6) is 0. The number of hydrogen-bond donors (Lipinski definition) is 3. The smallest absolute Gasteiger partial charge is 0.315 e. The fourth-order valence-electron chi connectivity index (χ4n) is 4.01. The van der Waals surface area contributed by atoms with Gasteiger partial charge in [0, 0.05) is 12.2 Å². The van der Waals surface area contributed by atoms with E-state index in [0.717, 1.165) is 31.5 Å². The van der Waals surface area contributed by atoms with Gasteiger partial charge in [-0.15, -0.1) is 0 Å². The highest BCUT2D eigenvalue weighted by Crippen LogP contribution is 2.25. The van der Waals surface area contributed by atoms with Crippen LogP contribution in [0.1, 0.15) is 55.0 Å². The summed E-state index contributed by atoms with van der Waals surface area (Å²) in [4.78, 5) is 20.6. The van der Waals surface area contributed by atoms with Crippen LogP contribution in [-0.2, 0) is 22.5 Å². The van der Waals surface area contributed by atoms with Crippen molar-refractivity contribution in [2.45, 2.75) is 57.2 Å². The third-order valence-corrected chi connectivity index (χ3v) is 5.44. The molecule has 8 nitrogen and oxygen atoms in total. The van der Waals surface area contributed by atoms with Crippen LogP contribution in [0.15, 0.2) is 36.5 Å². The molecule has 162 valence electrons. The first-order valence-electron chi connectivity index (χ1n) is 10.5. The molecule has 30 heavy (non-hydrogen) atoms. The highest BCUT2D eigenvalue weighted by atomic mass is 16.5. The SMILES string of the molecule is O=C(NCC1OCCc2cn(Cc3ccccc3)nc21)NC1CCCCC1.O=CO. The van der Waals surface area contributed by atoms with Crippen molar-refractivity contribution in [3.63, 3.8) is 0 Å². The minimum absolute atomic E-state index is 0.0960. The van der Waals surface area contributed by atoms with Crippen LogP contribution in [0.25, 0.3) is 0 Å². The molecule has 0 bridgehead atoms. The van der Waals surface area contributed by atoms with Gasteiger partial charge < -0.3 is 20.5 Å². The minimum Gasteiger partial charge on any atom is -0.483 e. The summed E-state index contributed by atoms with van der Waals surface area (Å²) >= 11 is 0. The number of carbonyl (C=O) groups excluding carboxylic acids is 1. The van der Waals surface area contributed by atoms with Crippen molar-refractivity contribution in [1.29, 1.82) is 0 Å². The lowest BCUT2D eigenvalue weighted by Crippen LogP contribution is -2.44. The minimum atomic E-state index is -0.250. The molecule has 8 heteroatoms. The number of aromatic nitrogens is 2. The van der Waals surface area contributed by atoms with Gasteiger partial charge in [0.05, 0.1) is 25.4 Å². The van der Waals surface area contributed by atoms with E-state index >= 15 is 0 Å². The molecule has 2 aromatic rings. The second kappa shape index (κ2) is 11.3. The van der Waals surface area contributed by atoms with Crippen LogP contribution < -0.4 is 10.6 Å². The van der Waals surface area contributed by atoms with Gasteiger partial charge in [0.2, 0.25) is 0 Å². The normalized spacial score (nSPS) is 18.5. The Morgan fingerprint density at radius 2 is 1.97 bits per heavy atom. The summed E-state index contributed by atoms with van der Waals surface area (Å²) in [5, 5.41) is 17.7. The van der Waals surface area contributed by atoms with E-state index in [-0.39, 0.29) is 18.6 Å². The van der Waals surface area contributed by atoms with Crippen molar-refractivity contribution in [1.82, 2.24) is 20.4 Å². The maximum Gasteiger partial charge on any atom is 0.315 e. The summed E-state index contributed by atoms with van der Waals surface area (Å²) in [6.45, 7) is 1.62. The zero-order valence-corrected chi connectivity index (χ0v) is 17.1. The number of fused-ring (bicyclic) bond motifs is 1. The Balaban J connectivity index is 0.000000806. The second-order valence-corrected chi connectivity index (χ2v) is 7.63. The lowest BCUT2D eigenvalue weighted by atomic mass is 9.96. The van der Waals surface area contributed by atoms with Crippen molar-refractivity contribution < 1.29 is 19.4 Å². The Hall–Kier alpha value is -2.87. The first-order chi connectivity index (χ1) is 14.7. The average molecular weight is 415 g/mol. The van der Waals surface area contributed by atoms with Gasteiger partial charge in [-0.3, -0.25) is 9.48 Å². The third kappa shape index (κ3) is 6.32. The number of carbonyl (C=O) groups is 2. The first kappa shape index (κ1) is 21.8. The molecule has 1 fully saturated rings. The maximum atomic E-state index is 12.2. The van der Waals surface area contributed by atoms with Gasteiger partial charge in [0.25, 0.3) is 6.47 Å². The average Bonchev–Trinajstić information content (AvgIpc) is 3.17. The number of hydrogen-bond acceptors (Lipinski definition) is 4. The zero-order valence-electron chi connectivity index (χ0n) is 17.1. The summed E-state index contributed by atoms with van der Waals surface area (Å²) in [7, 11) is 0. The van der Waals surface area contributed by atoms with Crippen LogP contribution in [-0.4, -0.2) is 46.6 Å². The molecule has 0 spiro atoms. The Morgan fingerprint density at radius 3 is 2.70 bits per heavy atom. The lowest BCUT2D eigenvalue weighted by Gasteiger charge is -2.25. The predicted molar refractivity (Wildman–Crippen MR) is 112 cm³/mol. The molecule has 2 aliphatic rings. The highest BCUT2D eigenvalue weighted by molar-refractivity contribution is 5.74. The molecule has 2 amide bonds. The third-order valence-electron chi connectivity index (χ3n) is 5.44. The highest BCUT2D eigenvalue weighted by Gasteiger charge is 2.25. The molecular formula is C22H30N4O4. The molecule has 0 radical (unpaired) electrons. The van der Waals surface area contributed by atoms with E-state index in [1.54, 1.807) is 0 Å². The maximum absolute atomic E-state index is 12.2. The number of urea groups is 1. The van der Waals surface area contributed by atoms with Gasteiger partial charge in [0.1, 0.15) is 6.10 Å². The molecule has 4 rings (SSSR count). The van der Waals surface area contributed by atoms with Gasteiger partial charge in [-0.1, -0.05) is 49.6 Å². The Morgan fingerprint density at radius 1 is 1.23 bits per heavy atom. The number of amides is 2. The zero-order chi connectivity index (χ0) is 21.2. The largest absolute Gasteiger partial charge is 0.483 e. The van der Waals surface area contributed by atoms with E-state index < -0.39 is 0 Å². The van der Waals surface area contributed by atoms with Gasteiger partial charge in [0.15, 0.2) is 0 Å². The van der Waals surface area contributed by atoms with Gasteiger partial charge in [-0.05, 0) is 30.4 Å². The molecule has 1 saturated carbocycles. The van der Waals surface area contributed by atoms with Gasteiger partial charge >= 0.3 is 6.03 Å². The predicted octanol–water partition coefficient (Wildman–Crippen LogP) is 2.88. The summed E-state index contributed by atoms with van der Waals surface area (Å²) in [6, 6.07) is 10.5. The number of carboxylic acid groups (broad SMARTS) is 1. The Kier molecular flexibility index (Phi) is 8.26. The van der Waals surface area contributed by atoms with E-state index in [2.05, 4.69) is 29.0 Å². The molecule has 3 N–H and O–H groups in total. The lowest BCUT2D eigenvalue weighted by molar-refractivity contribution is -0.122. The van der Waals surface area contributed by atoms with Crippen LogP contribution in [0, 0.1) is 0 Å². The second-order valence-electron chi connectivity index (χ2n) is 7.63. The molecule has 1 aliphatic heterocycles. The monoisotopic (exact) mass is 414 g/mol. The number of rotatable bonds is 5. The molecule has 1 unspecified atom stereocenters. The van der Waals surface area contributed by atoms with Crippen molar-refractivity contribution in [2.75, 3.05) is 13.2 Å². The molecule has 1 atom stereocenters. The van der Waals surface area contributed by atoms with Crippen molar-refractivity contribution >= 4 is 12.5 Å². The Labute approximate surface area is 176 Å². The standard InChI is InChI=1S/C21H28N4O2.CH2O2/c26-21(23-18-9-5-2-6-10-18)22-13-19-20-17(11-12-27-19)15-25(24-20)14-16-7-3-1-4-8-16;2-1-3/h1,3-4,7-8,15,18-19H,2,5-6,9-14H2,(H2,22,23,26);1H,(H,2,3). The summed E-state index contributed by atoms with van der Waals surface area (Å²) < 4.78 is 7.87. The fraction of sp³-hybridized carbons (Fsp3) is 0.500.